The van der Waals surface area contributed by atoms with Crippen molar-refractivity contribution in [3.8, 4) is 0 Å². The molecule has 1 heterocycles. The van der Waals surface area contributed by atoms with Crippen LogP contribution >= 0.6 is 0 Å². The minimum absolute atomic E-state index is 0.00403. The van der Waals surface area contributed by atoms with E-state index in [2.05, 4.69) is 27.8 Å². The number of carbonyl (C=O) groups is 1. The molecule has 3 aromatic rings. The number of nitrogens with one attached hydrogen (secondary N) is 2. The Hall–Kier alpha value is -3.14. The standard InChI is InChI=1S/C21H21N3O/c25-21(14-11-17-7-3-1-4-8-17)24-19-12-13-20(23-16-19)22-15-18-9-5-2-6-10-18/h1-10,12-13,16H,11,14-15H2,(H,22,23)(H,24,25). The van der Waals surface area contributed by atoms with Crippen LogP contribution in [0.25, 0.3) is 0 Å². The second-order valence-corrected chi connectivity index (χ2v) is 5.81. The molecule has 0 aliphatic rings. The van der Waals surface area contributed by atoms with E-state index in [-0.39, 0.29) is 5.91 Å². The highest BCUT2D eigenvalue weighted by molar-refractivity contribution is 5.90. The molecule has 0 radical (unpaired) electrons. The Morgan fingerprint density at radius 1 is 0.840 bits per heavy atom. The van der Waals surface area contributed by atoms with Gasteiger partial charge < -0.3 is 10.6 Å². The van der Waals surface area contributed by atoms with Crippen molar-refractivity contribution >= 4 is 17.4 Å². The molecule has 0 aliphatic heterocycles. The van der Waals surface area contributed by atoms with Crippen LogP contribution in [-0.4, -0.2) is 10.9 Å². The Morgan fingerprint density at radius 3 is 2.16 bits per heavy atom. The lowest BCUT2D eigenvalue weighted by molar-refractivity contribution is -0.116. The van der Waals surface area contributed by atoms with Crippen molar-refractivity contribution in [3.05, 3.63) is 90.1 Å². The van der Waals surface area contributed by atoms with Gasteiger partial charge in [-0.3, -0.25) is 4.79 Å². The fourth-order valence-corrected chi connectivity index (χ4v) is 2.49. The number of rotatable bonds is 7. The summed E-state index contributed by atoms with van der Waals surface area (Å²) in [4.78, 5) is 16.4. The molecule has 3 rings (SSSR count). The molecule has 4 nitrogen and oxygen atoms in total. The third-order valence-electron chi connectivity index (χ3n) is 3.85. The van der Waals surface area contributed by atoms with Crippen LogP contribution < -0.4 is 10.6 Å². The Kier molecular flexibility index (Phi) is 5.77. The molecule has 0 saturated carbocycles. The molecule has 25 heavy (non-hydrogen) atoms. The number of amides is 1. The Labute approximate surface area is 147 Å². The number of anilines is 2. The van der Waals surface area contributed by atoms with Gasteiger partial charge in [-0.1, -0.05) is 60.7 Å². The van der Waals surface area contributed by atoms with E-state index in [4.69, 9.17) is 0 Å². The van der Waals surface area contributed by atoms with Gasteiger partial charge in [0.2, 0.25) is 5.91 Å². The van der Waals surface area contributed by atoms with Gasteiger partial charge in [-0.2, -0.15) is 0 Å². The van der Waals surface area contributed by atoms with Gasteiger partial charge in [0.15, 0.2) is 0 Å². The molecule has 0 saturated heterocycles. The SMILES string of the molecule is O=C(CCc1ccccc1)Nc1ccc(NCc2ccccc2)nc1. The fraction of sp³-hybridized carbons (Fsp3) is 0.143. The van der Waals surface area contributed by atoms with Gasteiger partial charge in [0.05, 0.1) is 11.9 Å². The molecule has 2 N–H and O–H groups in total. The molecule has 0 bridgehead atoms. The predicted molar refractivity (Wildman–Crippen MR) is 101 cm³/mol. The summed E-state index contributed by atoms with van der Waals surface area (Å²) in [6.45, 7) is 0.719. The van der Waals surface area contributed by atoms with Crippen molar-refractivity contribution in [3.63, 3.8) is 0 Å². The van der Waals surface area contributed by atoms with Crippen molar-refractivity contribution < 1.29 is 4.79 Å². The Bertz CT molecular complexity index is 786. The summed E-state index contributed by atoms with van der Waals surface area (Å²) in [6.07, 6.45) is 2.86. The van der Waals surface area contributed by atoms with E-state index < -0.39 is 0 Å². The summed E-state index contributed by atoms with van der Waals surface area (Å²) < 4.78 is 0. The smallest absolute Gasteiger partial charge is 0.224 e. The highest BCUT2D eigenvalue weighted by atomic mass is 16.1. The van der Waals surface area contributed by atoms with Crippen molar-refractivity contribution in [2.45, 2.75) is 19.4 Å². The van der Waals surface area contributed by atoms with E-state index in [1.165, 1.54) is 5.56 Å². The average molecular weight is 331 g/mol. The molecule has 2 aromatic carbocycles. The number of hydrogen-bond acceptors (Lipinski definition) is 3. The van der Waals surface area contributed by atoms with Crippen LogP contribution in [0, 0.1) is 0 Å². The number of aryl methyl sites for hydroxylation is 1. The third kappa shape index (κ3) is 5.46. The first-order chi connectivity index (χ1) is 12.3. The van der Waals surface area contributed by atoms with E-state index in [1.54, 1.807) is 6.20 Å². The summed E-state index contributed by atoms with van der Waals surface area (Å²) in [5.41, 5.74) is 3.07. The molecule has 0 aliphatic carbocycles. The van der Waals surface area contributed by atoms with Crippen molar-refractivity contribution in [2.75, 3.05) is 10.6 Å². The first kappa shape index (κ1) is 16.7. The van der Waals surface area contributed by atoms with Crippen molar-refractivity contribution in [1.29, 1.82) is 0 Å². The van der Waals surface area contributed by atoms with Crippen LogP contribution in [0.5, 0.6) is 0 Å². The predicted octanol–water partition coefficient (Wildman–Crippen LogP) is 4.27. The minimum Gasteiger partial charge on any atom is -0.366 e. The summed E-state index contributed by atoms with van der Waals surface area (Å²) in [5.74, 6) is 0.779. The van der Waals surface area contributed by atoms with Gasteiger partial charge in [0.1, 0.15) is 5.82 Å². The average Bonchev–Trinajstić information content (AvgIpc) is 2.67. The fourth-order valence-electron chi connectivity index (χ4n) is 2.49. The van der Waals surface area contributed by atoms with Crippen LogP contribution in [0.15, 0.2) is 79.0 Å². The normalized spacial score (nSPS) is 10.2. The van der Waals surface area contributed by atoms with Crippen LogP contribution in [0.2, 0.25) is 0 Å². The van der Waals surface area contributed by atoms with Crippen LogP contribution in [0.4, 0.5) is 11.5 Å². The minimum atomic E-state index is -0.00403. The molecule has 0 spiro atoms. The zero-order chi connectivity index (χ0) is 17.3. The summed E-state index contributed by atoms with van der Waals surface area (Å²) in [7, 11) is 0. The second kappa shape index (κ2) is 8.64. The highest BCUT2D eigenvalue weighted by Gasteiger charge is 2.04. The maximum atomic E-state index is 12.0. The number of nitrogens with zero attached hydrogens (tertiary/aromatic N) is 1. The topological polar surface area (TPSA) is 54.0 Å². The van der Waals surface area contributed by atoms with Crippen molar-refractivity contribution in [2.24, 2.45) is 0 Å². The highest BCUT2D eigenvalue weighted by Crippen LogP contribution is 2.12. The largest absolute Gasteiger partial charge is 0.366 e. The molecule has 0 unspecified atom stereocenters. The molecule has 0 fully saturated rings. The molecule has 4 heteroatoms. The van der Waals surface area contributed by atoms with Gasteiger partial charge in [-0.15, -0.1) is 0 Å². The van der Waals surface area contributed by atoms with E-state index in [0.29, 0.717) is 12.1 Å². The number of aromatic nitrogens is 1. The second-order valence-electron chi connectivity index (χ2n) is 5.81. The maximum absolute atomic E-state index is 12.0. The molecule has 126 valence electrons. The molecule has 0 atom stereocenters. The van der Waals surface area contributed by atoms with Crippen LogP contribution in [0.3, 0.4) is 0 Å². The molecular formula is C21H21N3O. The van der Waals surface area contributed by atoms with Crippen LogP contribution in [0.1, 0.15) is 17.5 Å². The first-order valence-electron chi connectivity index (χ1n) is 8.37. The number of hydrogen-bond donors (Lipinski definition) is 2. The number of carbonyl (C=O) groups excluding carboxylic acids is 1. The van der Waals surface area contributed by atoms with Gasteiger partial charge in [-0.05, 0) is 29.7 Å². The summed E-state index contributed by atoms with van der Waals surface area (Å²) in [5, 5.41) is 6.15. The number of benzene rings is 2. The molecule has 1 aromatic heterocycles. The van der Waals surface area contributed by atoms with E-state index >= 15 is 0 Å². The van der Waals surface area contributed by atoms with Gasteiger partial charge in [-0.25, -0.2) is 4.98 Å². The van der Waals surface area contributed by atoms with E-state index in [9.17, 15) is 4.79 Å². The van der Waals surface area contributed by atoms with E-state index in [1.807, 2.05) is 60.7 Å². The Morgan fingerprint density at radius 2 is 1.52 bits per heavy atom. The number of pyridine rings is 1. The van der Waals surface area contributed by atoms with Gasteiger partial charge in [0.25, 0.3) is 0 Å². The lowest BCUT2D eigenvalue weighted by atomic mass is 10.1. The Balaban J connectivity index is 1.46. The van der Waals surface area contributed by atoms with Crippen LogP contribution in [-0.2, 0) is 17.8 Å². The summed E-state index contributed by atoms with van der Waals surface area (Å²) >= 11 is 0. The quantitative estimate of drug-likeness (QED) is 0.680. The first-order valence-corrected chi connectivity index (χ1v) is 8.37. The monoisotopic (exact) mass is 331 g/mol. The lowest BCUT2D eigenvalue weighted by Crippen LogP contribution is -2.12. The zero-order valence-corrected chi connectivity index (χ0v) is 14.0. The maximum Gasteiger partial charge on any atom is 0.224 e. The molecule has 1 amide bonds. The van der Waals surface area contributed by atoms with Crippen molar-refractivity contribution in [1.82, 2.24) is 4.98 Å². The van der Waals surface area contributed by atoms with Gasteiger partial charge >= 0.3 is 0 Å². The van der Waals surface area contributed by atoms with E-state index in [0.717, 1.165) is 24.3 Å². The third-order valence-corrected chi connectivity index (χ3v) is 3.85. The lowest BCUT2D eigenvalue weighted by Gasteiger charge is -2.08. The molecular weight excluding hydrogens is 310 g/mol. The van der Waals surface area contributed by atoms with Gasteiger partial charge in [0, 0.05) is 13.0 Å². The zero-order valence-electron chi connectivity index (χ0n) is 14.0. The summed E-state index contributed by atoms with van der Waals surface area (Å²) in [6, 6.07) is 23.9.